The number of anilines is 1. The number of nitrogens with zero attached hydrogens (tertiary/aromatic N) is 3. The Morgan fingerprint density at radius 2 is 1.97 bits per heavy atom. The number of ether oxygens (including phenoxy) is 1. The van der Waals surface area contributed by atoms with E-state index >= 15 is 0 Å². The van der Waals surface area contributed by atoms with E-state index in [2.05, 4.69) is 22.1 Å². The zero-order valence-electron chi connectivity index (χ0n) is 22.0. The summed E-state index contributed by atoms with van der Waals surface area (Å²) in [7, 11) is 1.51. The number of aliphatic hydroxyl groups is 2. The molecule has 1 aromatic heterocycles. The molecule has 0 fully saturated rings. The Morgan fingerprint density at radius 1 is 1.31 bits per heavy atom. The van der Waals surface area contributed by atoms with Gasteiger partial charge in [0.05, 0.1) is 24.8 Å². The number of alkyl halides is 3. The third-order valence-electron chi connectivity index (χ3n) is 6.21. The van der Waals surface area contributed by atoms with E-state index in [1.165, 1.54) is 48.2 Å². The van der Waals surface area contributed by atoms with E-state index < -0.39 is 41.9 Å². The van der Waals surface area contributed by atoms with Gasteiger partial charge in [-0.15, -0.1) is 0 Å². The van der Waals surface area contributed by atoms with E-state index in [-0.39, 0.29) is 42.7 Å². The normalized spacial score (nSPS) is 18.9. The second-order valence-corrected chi connectivity index (χ2v) is 9.53. The first kappa shape index (κ1) is 29.7. The Bertz CT molecular complexity index is 1240. The summed E-state index contributed by atoms with van der Waals surface area (Å²) in [6, 6.07) is 4.52. The second-order valence-electron chi connectivity index (χ2n) is 9.53. The number of carbonyl (C=O) groups excluding carboxylic acids is 2. The third-order valence-corrected chi connectivity index (χ3v) is 6.21. The SMILES string of the molecule is C[C@H](O)C#Cc1cnc2c(c1)C(=O)N([C@@H](C)CO)C[C@H](C)[C@H](CN(C)C(=O)Nc1ccc(C(F)(F)F)cc1)O2. The maximum Gasteiger partial charge on any atom is 0.416 e. The number of urea groups is 1. The molecule has 210 valence electrons. The van der Waals surface area contributed by atoms with Gasteiger partial charge in [-0.2, -0.15) is 13.2 Å². The van der Waals surface area contributed by atoms with Crippen LogP contribution in [0.5, 0.6) is 5.88 Å². The number of aliphatic hydroxyl groups excluding tert-OH is 2. The summed E-state index contributed by atoms with van der Waals surface area (Å²) >= 11 is 0. The topological polar surface area (TPSA) is 115 Å². The summed E-state index contributed by atoms with van der Waals surface area (Å²) in [5.41, 5.74) is -0.117. The summed E-state index contributed by atoms with van der Waals surface area (Å²) in [5, 5.41) is 21.8. The third kappa shape index (κ3) is 7.61. The number of likely N-dealkylation sites (N-methyl/N-ethyl adjacent to an activating group) is 1. The van der Waals surface area contributed by atoms with E-state index in [0.717, 1.165) is 12.1 Å². The van der Waals surface area contributed by atoms with E-state index in [1.807, 2.05) is 6.92 Å². The molecule has 1 aliphatic rings. The van der Waals surface area contributed by atoms with Crippen molar-refractivity contribution >= 4 is 17.6 Å². The molecular weight excluding hydrogens is 517 g/mol. The molecule has 0 bridgehead atoms. The Hall–Kier alpha value is -3.82. The van der Waals surface area contributed by atoms with Gasteiger partial charge in [0.25, 0.3) is 5.91 Å². The molecule has 0 spiro atoms. The number of pyridine rings is 1. The van der Waals surface area contributed by atoms with Crippen molar-refractivity contribution in [1.82, 2.24) is 14.8 Å². The molecule has 0 radical (unpaired) electrons. The summed E-state index contributed by atoms with van der Waals surface area (Å²) in [6.45, 7) is 5.05. The molecule has 2 heterocycles. The van der Waals surface area contributed by atoms with Crippen molar-refractivity contribution < 1.29 is 37.7 Å². The molecule has 9 nitrogen and oxygen atoms in total. The monoisotopic (exact) mass is 548 g/mol. The lowest BCUT2D eigenvalue weighted by atomic mass is 10.00. The van der Waals surface area contributed by atoms with Crippen molar-refractivity contribution in [3.8, 4) is 17.7 Å². The number of amides is 3. The molecule has 0 saturated carbocycles. The first-order valence-corrected chi connectivity index (χ1v) is 12.3. The summed E-state index contributed by atoms with van der Waals surface area (Å²) in [5.74, 6) is 4.68. The summed E-state index contributed by atoms with van der Waals surface area (Å²) < 4.78 is 44.6. The number of hydrogen-bond donors (Lipinski definition) is 3. The average molecular weight is 549 g/mol. The fourth-order valence-electron chi connectivity index (χ4n) is 3.89. The number of carbonyl (C=O) groups is 2. The molecule has 2 aromatic rings. The van der Waals surface area contributed by atoms with Crippen LogP contribution in [0.25, 0.3) is 0 Å². The highest BCUT2D eigenvalue weighted by atomic mass is 19.4. The Morgan fingerprint density at radius 3 is 2.56 bits per heavy atom. The standard InChI is InChI=1S/C27H31F3N4O5/c1-16-13-34(17(2)15-35)25(37)22-11-19(6-5-18(3)36)12-31-24(22)39-23(16)14-33(4)26(38)32-21-9-7-20(8-10-21)27(28,29)30/h7-12,16-18,23,35-36H,13-15H2,1-4H3,(H,32,38)/t16-,17-,18-,23-/m0/s1. The predicted molar refractivity (Wildman–Crippen MR) is 137 cm³/mol. The summed E-state index contributed by atoms with van der Waals surface area (Å²) in [6.07, 6.45) is -4.58. The largest absolute Gasteiger partial charge is 0.472 e. The van der Waals surface area contributed by atoms with Gasteiger partial charge in [-0.25, -0.2) is 9.78 Å². The minimum absolute atomic E-state index is 0.0332. The van der Waals surface area contributed by atoms with Crippen LogP contribution in [0.1, 0.15) is 42.3 Å². The lowest BCUT2D eigenvalue weighted by Gasteiger charge is -2.37. The van der Waals surface area contributed by atoms with Crippen molar-refractivity contribution in [3.63, 3.8) is 0 Å². The Balaban J connectivity index is 1.84. The molecule has 4 atom stereocenters. The first-order valence-electron chi connectivity index (χ1n) is 12.3. The number of aromatic nitrogens is 1. The van der Waals surface area contributed by atoms with Crippen molar-refractivity contribution in [2.45, 2.75) is 45.2 Å². The molecule has 3 amide bonds. The van der Waals surface area contributed by atoms with Crippen LogP contribution >= 0.6 is 0 Å². The van der Waals surface area contributed by atoms with Crippen molar-refractivity contribution in [3.05, 3.63) is 53.2 Å². The van der Waals surface area contributed by atoms with Crippen molar-refractivity contribution in [1.29, 1.82) is 0 Å². The number of rotatable bonds is 5. The molecule has 0 aliphatic carbocycles. The maximum absolute atomic E-state index is 13.4. The van der Waals surface area contributed by atoms with Gasteiger partial charge in [0.1, 0.15) is 17.8 Å². The fraction of sp³-hybridized carbons (Fsp3) is 0.444. The van der Waals surface area contributed by atoms with Crippen LogP contribution < -0.4 is 10.1 Å². The van der Waals surface area contributed by atoms with E-state index in [9.17, 15) is 33.0 Å². The molecular formula is C27H31F3N4O5. The van der Waals surface area contributed by atoms with Gasteiger partial charge in [0.15, 0.2) is 0 Å². The lowest BCUT2D eigenvalue weighted by molar-refractivity contribution is -0.137. The highest BCUT2D eigenvalue weighted by Crippen LogP contribution is 2.30. The van der Waals surface area contributed by atoms with E-state index in [0.29, 0.717) is 5.56 Å². The minimum Gasteiger partial charge on any atom is -0.472 e. The zero-order valence-corrected chi connectivity index (χ0v) is 22.0. The molecule has 1 aliphatic heterocycles. The Labute approximate surface area is 224 Å². The van der Waals surface area contributed by atoms with Gasteiger partial charge in [-0.05, 0) is 44.2 Å². The predicted octanol–water partition coefficient (Wildman–Crippen LogP) is 3.22. The van der Waals surface area contributed by atoms with Gasteiger partial charge < -0.3 is 30.1 Å². The van der Waals surface area contributed by atoms with Gasteiger partial charge in [0.2, 0.25) is 5.88 Å². The van der Waals surface area contributed by atoms with Gasteiger partial charge in [0, 0.05) is 37.0 Å². The molecule has 3 rings (SSSR count). The van der Waals surface area contributed by atoms with Crippen LogP contribution in [0.4, 0.5) is 23.7 Å². The van der Waals surface area contributed by atoms with Crippen molar-refractivity contribution in [2.75, 3.05) is 32.1 Å². The molecule has 1 aromatic carbocycles. The van der Waals surface area contributed by atoms with Crippen LogP contribution in [0.3, 0.4) is 0 Å². The van der Waals surface area contributed by atoms with Gasteiger partial charge in [-0.3, -0.25) is 4.79 Å². The van der Waals surface area contributed by atoms with Crippen molar-refractivity contribution in [2.24, 2.45) is 5.92 Å². The van der Waals surface area contributed by atoms with Crippen LogP contribution in [-0.4, -0.2) is 81.9 Å². The molecule has 39 heavy (non-hydrogen) atoms. The molecule has 3 N–H and O–H groups in total. The second kappa shape index (κ2) is 12.4. The van der Waals surface area contributed by atoms with Crippen LogP contribution in [-0.2, 0) is 6.18 Å². The Kier molecular flexibility index (Phi) is 9.42. The number of nitrogens with one attached hydrogen (secondary N) is 1. The van der Waals surface area contributed by atoms with Gasteiger partial charge in [-0.1, -0.05) is 18.8 Å². The number of fused-ring (bicyclic) bond motifs is 1. The zero-order chi connectivity index (χ0) is 28.9. The van der Waals surface area contributed by atoms with Crippen LogP contribution in [0.15, 0.2) is 36.5 Å². The smallest absolute Gasteiger partial charge is 0.416 e. The van der Waals surface area contributed by atoms with Gasteiger partial charge >= 0.3 is 12.2 Å². The first-order chi connectivity index (χ1) is 18.3. The quantitative estimate of drug-likeness (QED) is 0.495. The molecule has 0 saturated heterocycles. The highest BCUT2D eigenvalue weighted by molar-refractivity contribution is 5.97. The fourth-order valence-corrected chi connectivity index (χ4v) is 3.89. The number of hydrogen-bond acceptors (Lipinski definition) is 6. The van der Waals surface area contributed by atoms with Crippen LogP contribution in [0.2, 0.25) is 0 Å². The van der Waals surface area contributed by atoms with E-state index in [4.69, 9.17) is 4.74 Å². The van der Waals surface area contributed by atoms with Crippen LogP contribution in [0, 0.1) is 17.8 Å². The average Bonchev–Trinajstić information content (AvgIpc) is 2.88. The molecule has 0 unspecified atom stereocenters. The minimum atomic E-state index is -4.48. The van der Waals surface area contributed by atoms with E-state index in [1.54, 1.807) is 6.92 Å². The lowest BCUT2D eigenvalue weighted by Crippen LogP contribution is -2.50. The maximum atomic E-state index is 13.4. The summed E-state index contributed by atoms with van der Waals surface area (Å²) in [4.78, 5) is 33.3. The molecule has 12 heteroatoms. The number of halogens is 3. The highest BCUT2D eigenvalue weighted by Gasteiger charge is 2.35. The number of benzene rings is 1.